The highest BCUT2D eigenvalue weighted by atomic mass is 16.3. The topological polar surface area (TPSA) is 43.9 Å². The minimum absolute atomic E-state index is 0.214. The van der Waals surface area contributed by atoms with Crippen LogP contribution in [-0.4, -0.2) is 14.5 Å². The fourth-order valence-corrected chi connectivity index (χ4v) is 7.00. The second kappa shape index (κ2) is 9.63. The number of hydrogen-bond acceptors (Lipinski definition) is 3. The highest BCUT2D eigenvalue weighted by Crippen LogP contribution is 2.48. The Labute approximate surface area is 261 Å². The van der Waals surface area contributed by atoms with Crippen LogP contribution in [0.15, 0.2) is 144 Å². The molecule has 0 spiro atoms. The lowest BCUT2D eigenvalue weighted by Crippen LogP contribution is -2.24. The normalized spacial score (nSPS) is 13.3. The number of furan rings is 1. The summed E-state index contributed by atoms with van der Waals surface area (Å²) < 4.78 is 8.44. The number of fused-ring (bicyclic) bond motifs is 5. The van der Waals surface area contributed by atoms with Gasteiger partial charge in [0.25, 0.3) is 0 Å². The van der Waals surface area contributed by atoms with E-state index in [1.807, 2.05) is 42.7 Å². The minimum atomic E-state index is -0.214. The molecule has 1 aliphatic rings. The molecular formula is C41H29N3O. The van der Waals surface area contributed by atoms with Gasteiger partial charge in [-0.1, -0.05) is 103 Å². The van der Waals surface area contributed by atoms with E-state index in [9.17, 15) is 0 Å². The molecule has 214 valence electrons. The van der Waals surface area contributed by atoms with Crippen molar-refractivity contribution < 1.29 is 4.42 Å². The highest BCUT2D eigenvalue weighted by Gasteiger charge is 2.37. The predicted molar refractivity (Wildman–Crippen MR) is 183 cm³/mol. The van der Waals surface area contributed by atoms with Crippen LogP contribution < -0.4 is 0 Å². The third-order valence-corrected chi connectivity index (χ3v) is 9.23. The Bertz CT molecular complexity index is 2340. The van der Waals surface area contributed by atoms with Crippen LogP contribution in [0.5, 0.6) is 0 Å². The average molecular weight is 580 g/mol. The number of para-hydroxylation sites is 1. The molecular weight excluding hydrogens is 550 g/mol. The second-order valence-electron chi connectivity index (χ2n) is 12.3. The number of nitrogens with zero attached hydrogens (tertiary/aromatic N) is 3. The molecule has 3 aromatic heterocycles. The molecule has 4 nitrogen and oxygen atoms in total. The van der Waals surface area contributed by atoms with E-state index in [0.29, 0.717) is 0 Å². The number of rotatable bonds is 4. The molecule has 4 heteroatoms. The zero-order valence-corrected chi connectivity index (χ0v) is 25.0. The van der Waals surface area contributed by atoms with Crippen LogP contribution in [0, 0.1) is 0 Å². The van der Waals surface area contributed by atoms with Crippen molar-refractivity contribution in [3.63, 3.8) is 0 Å². The van der Waals surface area contributed by atoms with E-state index >= 15 is 0 Å². The van der Waals surface area contributed by atoms with Gasteiger partial charge >= 0.3 is 0 Å². The summed E-state index contributed by atoms with van der Waals surface area (Å²) in [5, 5.41) is 2.50. The zero-order valence-electron chi connectivity index (χ0n) is 25.0. The van der Waals surface area contributed by atoms with Crippen molar-refractivity contribution in [1.82, 2.24) is 14.5 Å². The van der Waals surface area contributed by atoms with Gasteiger partial charge in [0.1, 0.15) is 5.76 Å². The summed E-state index contributed by atoms with van der Waals surface area (Å²) in [5.41, 5.74) is 11.9. The number of benzene rings is 5. The average Bonchev–Trinajstić information content (AvgIpc) is 3.72. The first-order chi connectivity index (χ1) is 22.1. The first-order valence-corrected chi connectivity index (χ1v) is 15.3. The van der Waals surface area contributed by atoms with E-state index in [1.165, 1.54) is 32.9 Å². The van der Waals surface area contributed by atoms with E-state index < -0.39 is 0 Å². The maximum absolute atomic E-state index is 6.07. The number of hydrogen-bond donors (Lipinski definition) is 0. The van der Waals surface area contributed by atoms with Crippen LogP contribution in [0.2, 0.25) is 0 Å². The summed E-state index contributed by atoms with van der Waals surface area (Å²) in [4.78, 5) is 10.0. The van der Waals surface area contributed by atoms with Gasteiger partial charge < -0.3 is 8.98 Å². The number of aromatic nitrogens is 3. The van der Waals surface area contributed by atoms with Gasteiger partial charge in [-0.3, -0.25) is 0 Å². The molecule has 0 fully saturated rings. The summed E-state index contributed by atoms with van der Waals surface area (Å²) in [6.07, 6.45) is 1.81. The molecule has 0 amide bonds. The molecule has 4 heterocycles. The van der Waals surface area contributed by atoms with E-state index in [4.69, 9.17) is 14.4 Å². The summed E-state index contributed by atoms with van der Waals surface area (Å²) in [5.74, 6) is 1.72. The summed E-state index contributed by atoms with van der Waals surface area (Å²) in [6.45, 7) is 4.50. The Kier molecular flexibility index (Phi) is 5.51. The molecule has 0 saturated heterocycles. The van der Waals surface area contributed by atoms with Gasteiger partial charge in [-0.15, -0.1) is 0 Å². The van der Waals surface area contributed by atoms with Crippen molar-refractivity contribution in [1.29, 1.82) is 0 Å². The third kappa shape index (κ3) is 3.92. The van der Waals surface area contributed by atoms with E-state index in [0.717, 1.165) is 50.9 Å². The first kappa shape index (κ1) is 25.7. The van der Waals surface area contributed by atoms with E-state index in [1.54, 1.807) is 0 Å². The molecule has 0 aliphatic carbocycles. The molecule has 0 N–H and O–H groups in total. The summed E-state index contributed by atoms with van der Waals surface area (Å²) in [7, 11) is 0. The van der Waals surface area contributed by atoms with Crippen LogP contribution in [0.4, 0.5) is 0 Å². The first-order valence-electron chi connectivity index (χ1n) is 15.3. The van der Waals surface area contributed by atoms with Crippen LogP contribution >= 0.6 is 0 Å². The Morgan fingerprint density at radius 1 is 0.556 bits per heavy atom. The lowest BCUT2D eigenvalue weighted by Gasteiger charge is -2.30. The van der Waals surface area contributed by atoms with Crippen molar-refractivity contribution in [3.8, 4) is 50.7 Å². The molecule has 0 unspecified atom stereocenters. The maximum Gasteiger partial charge on any atom is 0.160 e. The van der Waals surface area contributed by atoms with Gasteiger partial charge in [0, 0.05) is 33.5 Å². The second-order valence-corrected chi connectivity index (χ2v) is 12.3. The Balaban J connectivity index is 1.20. The SMILES string of the molecule is CC1(C)c2occc2-n2c3ccc(-c4cccc(-c5cc(-c6ccccc6)nc(-c6ccccc6)n5)c4)cc3c3cccc1c32. The quantitative estimate of drug-likeness (QED) is 0.208. The van der Waals surface area contributed by atoms with Gasteiger partial charge in [-0.25, -0.2) is 9.97 Å². The molecule has 0 saturated carbocycles. The van der Waals surface area contributed by atoms with Crippen molar-refractivity contribution in [2.24, 2.45) is 0 Å². The fourth-order valence-electron chi connectivity index (χ4n) is 7.00. The zero-order chi connectivity index (χ0) is 30.1. The Hall–Kier alpha value is -5.74. The fraction of sp³-hybridized carbons (Fsp3) is 0.0732. The van der Waals surface area contributed by atoms with Gasteiger partial charge in [0.05, 0.1) is 39.8 Å². The van der Waals surface area contributed by atoms with Gasteiger partial charge in [-0.05, 0) is 54.8 Å². The molecule has 0 atom stereocenters. The van der Waals surface area contributed by atoms with Gasteiger partial charge in [0.2, 0.25) is 0 Å². The van der Waals surface area contributed by atoms with Gasteiger partial charge in [0.15, 0.2) is 5.82 Å². The molecule has 5 aromatic carbocycles. The van der Waals surface area contributed by atoms with Crippen LogP contribution in [0.1, 0.15) is 25.2 Å². The lowest BCUT2D eigenvalue weighted by molar-refractivity contribution is 0.425. The van der Waals surface area contributed by atoms with Crippen LogP contribution in [0.25, 0.3) is 72.5 Å². The van der Waals surface area contributed by atoms with Gasteiger partial charge in [-0.2, -0.15) is 0 Å². The molecule has 0 bridgehead atoms. The molecule has 1 aliphatic heterocycles. The summed E-state index contributed by atoms with van der Waals surface area (Å²) >= 11 is 0. The van der Waals surface area contributed by atoms with Crippen LogP contribution in [0.3, 0.4) is 0 Å². The van der Waals surface area contributed by atoms with E-state index in [2.05, 4.69) is 115 Å². The van der Waals surface area contributed by atoms with Crippen molar-refractivity contribution in [3.05, 3.63) is 151 Å². The van der Waals surface area contributed by atoms with Crippen molar-refractivity contribution in [2.45, 2.75) is 19.3 Å². The Morgan fingerprint density at radius 3 is 2.02 bits per heavy atom. The maximum atomic E-state index is 6.07. The standard InChI is InChI=1S/C41H29N3O/c1-41(2)33-18-10-17-31-32-24-29(19-20-36(32)44(38(31)33)37-21-22-45-39(37)41)28-15-9-16-30(23-28)35-25-34(26-11-5-3-6-12-26)42-40(43-35)27-13-7-4-8-14-27/h3-25H,1-2H3. The van der Waals surface area contributed by atoms with Crippen LogP contribution in [-0.2, 0) is 5.41 Å². The minimum Gasteiger partial charge on any atom is -0.466 e. The largest absolute Gasteiger partial charge is 0.466 e. The predicted octanol–water partition coefficient (Wildman–Crippen LogP) is 10.5. The Morgan fingerprint density at radius 2 is 1.22 bits per heavy atom. The third-order valence-electron chi connectivity index (χ3n) is 9.23. The molecule has 8 aromatic rings. The molecule has 45 heavy (non-hydrogen) atoms. The highest BCUT2D eigenvalue weighted by molar-refractivity contribution is 6.12. The monoisotopic (exact) mass is 579 g/mol. The van der Waals surface area contributed by atoms with Crippen molar-refractivity contribution in [2.75, 3.05) is 0 Å². The summed E-state index contributed by atoms with van der Waals surface area (Å²) in [6, 6.07) is 46.9. The molecule has 9 rings (SSSR count). The lowest BCUT2D eigenvalue weighted by atomic mass is 9.79. The van der Waals surface area contributed by atoms with E-state index in [-0.39, 0.29) is 5.41 Å². The van der Waals surface area contributed by atoms with Crippen molar-refractivity contribution >= 4 is 21.8 Å². The smallest absolute Gasteiger partial charge is 0.160 e. The molecule has 0 radical (unpaired) electrons.